The first-order chi connectivity index (χ1) is 35.3. The van der Waals surface area contributed by atoms with Gasteiger partial charge in [-0.05, 0) is 183 Å². The molecule has 0 bridgehead atoms. The first-order valence-corrected chi connectivity index (χ1v) is 27.6. The van der Waals surface area contributed by atoms with E-state index in [1.807, 2.05) is 0 Å². The number of anilines is 9. The van der Waals surface area contributed by atoms with Crippen molar-refractivity contribution in [2.24, 2.45) is 0 Å². The van der Waals surface area contributed by atoms with Gasteiger partial charge in [0.1, 0.15) is 0 Å². The number of nitrogens with zero attached hydrogens (tertiary/aromatic N) is 3. The van der Waals surface area contributed by atoms with Gasteiger partial charge in [0.25, 0.3) is 6.71 Å². The summed E-state index contributed by atoms with van der Waals surface area (Å²) in [5, 5.41) is 0. The van der Waals surface area contributed by atoms with Crippen LogP contribution in [0.4, 0.5) is 51.2 Å². The minimum absolute atomic E-state index is 0.00768. The molecule has 0 radical (unpaired) electrons. The molecule has 0 aromatic heterocycles. The summed E-state index contributed by atoms with van der Waals surface area (Å²) in [6, 6.07) is 65.8. The monoisotopic (exact) mass is 972 g/mol. The third-order valence-corrected chi connectivity index (χ3v) is 18.0. The van der Waals surface area contributed by atoms with E-state index < -0.39 is 0 Å². The second kappa shape index (κ2) is 19.2. The summed E-state index contributed by atoms with van der Waals surface area (Å²) in [6.45, 7) is 32.8. The average molecular weight is 972 g/mol. The Bertz CT molecular complexity index is 3190. The molecule has 0 saturated carbocycles. The van der Waals surface area contributed by atoms with Crippen molar-refractivity contribution in [1.82, 2.24) is 0 Å². The van der Waals surface area contributed by atoms with E-state index in [2.05, 4.69) is 281 Å². The van der Waals surface area contributed by atoms with Crippen LogP contribution in [0.1, 0.15) is 142 Å². The molecule has 8 aromatic carbocycles. The van der Waals surface area contributed by atoms with E-state index in [1.165, 1.54) is 83.6 Å². The van der Waals surface area contributed by atoms with Crippen LogP contribution in [0.15, 0.2) is 170 Å². The van der Waals surface area contributed by atoms with Gasteiger partial charge in [-0.2, -0.15) is 0 Å². The lowest BCUT2D eigenvalue weighted by Crippen LogP contribution is -2.61. The van der Waals surface area contributed by atoms with E-state index in [0.29, 0.717) is 0 Å². The van der Waals surface area contributed by atoms with Crippen molar-refractivity contribution in [3.63, 3.8) is 0 Å². The van der Waals surface area contributed by atoms with Crippen molar-refractivity contribution < 1.29 is 0 Å². The zero-order valence-corrected chi connectivity index (χ0v) is 46.9. The van der Waals surface area contributed by atoms with Crippen molar-refractivity contribution in [2.75, 3.05) is 14.7 Å². The van der Waals surface area contributed by atoms with Crippen LogP contribution in [0.2, 0.25) is 0 Å². The molecule has 0 amide bonds. The highest BCUT2D eigenvalue weighted by Crippen LogP contribution is 2.50. The molecule has 0 fully saturated rings. The van der Waals surface area contributed by atoms with Crippen LogP contribution in [0.5, 0.6) is 0 Å². The SMILES string of the molecule is CCC(C)(C)c1ccc(N2c3ccc(C(C)(C)CC)cc3B3c4cc(C(C)(C)CC)ccc4N(c4ccc(C(C)(C)CC)cc4)c4cc(N(c5ccc(-c6ccccc6)cc5)c5ccc(C)cc5C)cc2c43)cc1. The largest absolute Gasteiger partial charge is 0.311 e. The number of fused-ring (bicyclic) bond motifs is 4. The lowest BCUT2D eigenvalue weighted by atomic mass is 9.33. The minimum Gasteiger partial charge on any atom is -0.311 e. The molecule has 0 spiro atoms. The van der Waals surface area contributed by atoms with E-state index in [-0.39, 0.29) is 28.4 Å². The Morgan fingerprint density at radius 1 is 0.392 bits per heavy atom. The third kappa shape index (κ3) is 8.86. The molecule has 74 heavy (non-hydrogen) atoms. The first kappa shape index (κ1) is 50.7. The summed E-state index contributed by atoms with van der Waals surface area (Å²) in [6.07, 6.45) is 4.22. The fourth-order valence-electron chi connectivity index (χ4n) is 11.4. The number of hydrogen-bond donors (Lipinski definition) is 0. The van der Waals surface area contributed by atoms with Crippen molar-refractivity contribution in [3.05, 3.63) is 203 Å². The van der Waals surface area contributed by atoms with Crippen molar-refractivity contribution in [3.8, 4) is 11.1 Å². The first-order valence-electron chi connectivity index (χ1n) is 27.6. The highest BCUT2D eigenvalue weighted by Gasteiger charge is 2.45. The highest BCUT2D eigenvalue weighted by atomic mass is 15.2. The summed E-state index contributed by atoms with van der Waals surface area (Å²) in [5.41, 5.74) is 25.1. The summed E-state index contributed by atoms with van der Waals surface area (Å²) < 4.78 is 0. The Balaban J connectivity index is 1.33. The molecule has 2 aliphatic rings. The van der Waals surface area contributed by atoms with E-state index in [1.54, 1.807) is 0 Å². The van der Waals surface area contributed by atoms with Crippen LogP contribution in [0, 0.1) is 13.8 Å². The summed E-state index contributed by atoms with van der Waals surface area (Å²) >= 11 is 0. The molecule has 0 unspecified atom stereocenters. The molecule has 8 aromatic rings. The molecule has 0 atom stereocenters. The molecule has 2 heterocycles. The van der Waals surface area contributed by atoms with Crippen LogP contribution in [0.25, 0.3) is 11.1 Å². The lowest BCUT2D eigenvalue weighted by Gasteiger charge is -2.46. The van der Waals surface area contributed by atoms with E-state index in [0.717, 1.165) is 54.1 Å². The lowest BCUT2D eigenvalue weighted by molar-refractivity contribution is 0.506. The van der Waals surface area contributed by atoms with E-state index >= 15 is 0 Å². The topological polar surface area (TPSA) is 9.72 Å². The predicted molar refractivity (Wildman–Crippen MR) is 323 cm³/mol. The zero-order chi connectivity index (χ0) is 52.5. The molecule has 376 valence electrons. The van der Waals surface area contributed by atoms with Gasteiger partial charge in [0.05, 0.1) is 5.69 Å². The van der Waals surface area contributed by atoms with Gasteiger partial charge >= 0.3 is 0 Å². The van der Waals surface area contributed by atoms with Gasteiger partial charge < -0.3 is 14.7 Å². The van der Waals surface area contributed by atoms with Crippen molar-refractivity contribution in [1.29, 1.82) is 0 Å². The minimum atomic E-state index is -0.0249. The number of aryl methyl sites for hydroxylation is 2. The highest BCUT2D eigenvalue weighted by molar-refractivity contribution is 7.00. The fraction of sp³-hybridized carbons (Fsp3) is 0.314. The smallest absolute Gasteiger partial charge is 0.252 e. The second-order valence-electron chi connectivity index (χ2n) is 24.1. The molecule has 2 aliphatic heterocycles. The maximum atomic E-state index is 2.61. The molecular weight excluding hydrogens is 894 g/mol. The van der Waals surface area contributed by atoms with Crippen LogP contribution >= 0.6 is 0 Å². The number of rotatable bonds is 14. The Morgan fingerprint density at radius 3 is 1.24 bits per heavy atom. The van der Waals surface area contributed by atoms with Gasteiger partial charge in [-0.15, -0.1) is 0 Å². The number of benzene rings is 8. The van der Waals surface area contributed by atoms with E-state index in [4.69, 9.17) is 0 Å². The molecule has 4 heteroatoms. The predicted octanol–water partition coefficient (Wildman–Crippen LogP) is 18.3. The Hall–Kier alpha value is -6.78. The molecule has 0 aliphatic carbocycles. The molecule has 0 saturated heterocycles. The summed E-state index contributed by atoms with van der Waals surface area (Å²) in [7, 11) is 0. The molecule has 3 nitrogen and oxygen atoms in total. The third-order valence-electron chi connectivity index (χ3n) is 18.0. The van der Waals surface area contributed by atoms with Gasteiger partial charge in [0, 0.05) is 45.5 Å². The standard InChI is InChI=1S/C70H78BN3/c1-15-67(7,8)51-27-35-56(36-28-51)73-62-40-31-53(69(11,12)17-3)43-59(62)71-60-44-54(70(13,14)18-4)32-41-63(60)74(57-37-29-52(30-38-57)68(9,10)16-2)65-46-58(45-64(73)66(65)71)72(61-39-24-47(5)42-48(61)6)55-33-25-50(26-34-55)49-22-20-19-21-23-49/h19-46H,15-18H2,1-14H3. The van der Waals surface area contributed by atoms with Gasteiger partial charge in [-0.25, -0.2) is 0 Å². The maximum absolute atomic E-state index is 2.61. The van der Waals surface area contributed by atoms with Crippen LogP contribution < -0.4 is 31.1 Å². The van der Waals surface area contributed by atoms with Crippen molar-refractivity contribution in [2.45, 2.75) is 144 Å². The molecule has 0 N–H and O–H groups in total. The maximum Gasteiger partial charge on any atom is 0.252 e. The molecule has 10 rings (SSSR count). The van der Waals surface area contributed by atoms with Crippen LogP contribution in [-0.4, -0.2) is 6.71 Å². The zero-order valence-electron chi connectivity index (χ0n) is 46.9. The van der Waals surface area contributed by atoms with Gasteiger partial charge in [-0.3, -0.25) is 0 Å². The second-order valence-corrected chi connectivity index (χ2v) is 24.1. The number of hydrogen-bond acceptors (Lipinski definition) is 3. The molecular formula is C70H78BN3. The quantitative estimate of drug-likeness (QED) is 0.101. The summed E-state index contributed by atoms with van der Waals surface area (Å²) in [5.74, 6) is 0. The Kier molecular flexibility index (Phi) is 13.1. The van der Waals surface area contributed by atoms with Gasteiger partial charge in [-0.1, -0.05) is 192 Å². The summed E-state index contributed by atoms with van der Waals surface area (Å²) in [4.78, 5) is 7.72. The van der Waals surface area contributed by atoms with Crippen molar-refractivity contribution >= 4 is 74.3 Å². The van der Waals surface area contributed by atoms with Crippen LogP contribution in [0.3, 0.4) is 0 Å². The van der Waals surface area contributed by atoms with E-state index in [9.17, 15) is 0 Å². The normalized spacial score (nSPS) is 13.4. The van der Waals surface area contributed by atoms with Gasteiger partial charge in [0.2, 0.25) is 0 Å². The fourth-order valence-corrected chi connectivity index (χ4v) is 11.4. The van der Waals surface area contributed by atoms with Gasteiger partial charge in [0.15, 0.2) is 0 Å². The van der Waals surface area contributed by atoms with Crippen LogP contribution in [-0.2, 0) is 21.7 Å². The Morgan fingerprint density at radius 2 is 0.811 bits per heavy atom. The Labute approximate surface area is 445 Å². The average Bonchev–Trinajstić information content (AvgIpc) is 3.44.